The number of aryl methyl sites for hydroxylation is 1. The molecule has 0 aliphatic carbocycles. The van der Waals surface area contributed by atoms with E-state index in [0.717, 1.165) is 37.0 Å². The summed E-state index contributed by atoms with van der Waals surface area (Å²) in [6.07, 6.45) is -1.82. The van der Waals surface area contributed by atoms with Crippen LogP contribution in [0.1, 0.15) is 51.7 Å². The highest BCUT2D eigenvalue weighted by atomic mass is 19.4. The summed E-state index contributed by atoms with van der Waals surface area (Å²) in [6.45, 7) is 12.0. The lowest BCUT2D eigenvalue weighted by atomic mass is 9.88. The Morgan fingerprint density at radius 2 is 1.79 bits per heavy atom. The lowest BCUT2D eigenvalue weighted by molar-refractivity contribution is -0.137. The van der Waals surface area contributed by atoms with Crippen molar-refractivity contribution in [2.45, 2.75) is 59.2 Å². The van der Waals surface area contributed by atoms with E-state index in [1.807, 2.05) is 26.8 Å². The fourth-order valence-corrected chi connectivity index (χ4v) is 2.71. The minimum Gasteiger partial charge on any atom is -0.457 e. The second-order valence-electron chi connectivity index (χ2n) is 8.38. The van der Waals surface area contributed by atoms with E-state index in [0.29, 0.717) is 17.1 Å². The zero-order chi connectivity index (χ0) is 21.8. The summed E-state index contributed by atoms with van der Waals surface area (Å²) in [5.41, 5.74) is 6.67. The molecule has 0 spiro atoms. The topological polar surface area (TPSA) is 47.3 Å². The normalized spacial score (nSPS) is 13.2. The number of unbranched alkanes of at least 4 members (excludes halogenated alkanes) is 1. The van der Waals surface area contributed by atoms with Gasteiger partial charge in [0.25, 0.3) is 0 Å². The predicted octanol–water partition coefficient (Wildman–Crippen LogP) is 7.08. The lowest BCUT2D eigenvalue weighted by Gasteiger charge is -2.29. The first kappa shape index (κ1) is 22.9. The Labute approximate surface area is 171 Å². The third kappa shape index (κ3) is 6.58. The molecule has 6 heteroatoms. The number of nitrogens with one attached hydrogen (secondary N) is 1. The van der Waals surface area contributed by atoms with Crippen LogP contribution in [0.25, 0.3) is 0 Å². The van der Waals surface area contributed by atoms with Gasteiger partial charge in [-0.1, -0.05) is 34.1 Å². The maximum atomic E-state index is 13.4. The van der Waals surface area contributed by atoms with Gasteiger partial charge in [-0.15, -0.1) is 0 Å². The second kappa shape index (κ2) is 8.97. The quantitative estimate of drug-likeness (QED) is 0.482. The third-order valence-electron chi connectivity index (χ3n) is 4.73. The number of anilines is 2. The first-order valence-corrected chi connectivity index (χ1v) is 9.78. The molecule has 2 aromatic carbocycles. The molecular weight excluding hydrogens is 377 g/mol. The zero-order valence-corrected chi connectivity index (χ0v) is 17.5. The van der Waals surface area contributed by atoms with Crippen molar-refractivity contribution >= 4 is 11.4 Å². The van der Waals surface area contributed by atoms with Crippen LogP contribution in [0.2, 0.25) is 0 Å². The van der Waals surface area contributed by atoms with E-state index in [9.17, 15) is 13.2 Å². The molecule has 1 atom stereocenters. The fourth-order valence-electron chi connectivity index (χ4n) is 2.71. The van der Waals surface area contributed by atoms with Gasteiger partial charge in [-0.2, -0.15) is 13.2 Å². The first-order valence-electron chi connectivity index (χ1n) is 9.78. The number of nitrogens with two attached hydrogens (primary N) is 1. The van der Waals surface area contributed by atoms with Crippen LogP contribution in [0.4, 0.5) is 24.5 Å². The molecule has 3 nitrogen and oxygen atoms in total. The van der Waals surface area contributed by atoms with Crippen LogP contribution in [-0.4, -0.2) is 6.04 Å². The van der Waals surface area contributed by atoms with E-state index in [4.69, 9.17) is 10.5 Å². The molecule has 0 heterocycles. The number of alkyl halides is 3. The molecule has 0 saturated heterocycles. The van der Waals surface area contributed by atoms with Crippen LogP contribution in [0.15, 0.2) is 36.4 Å². The summed E-state index contributed by atoms with van der Waals surface area (Å²) >= 11 is 0. The Morgan fingerprint density at radius 3 is 2.38 bits per heavy atom. The van der Waals surface area contributed by atoms with Gasteiger partial charge < -0.3 is 15.8 Å². The Kier molecular flexibility index (Phi) is 7.09. The van der Waals surface area contributed by atoms with Crippen LogP contribution < -0.4 is 15.8 Å². The van der Waals surface area contributed by atoms with Crippen molar-refractivity contribution in [1.29, 1.82) is 0 Å². The molecule has 0 bridgehead atoms. The van der Waals surface area contributed by atoms with Crippen molar-refractivity contribution in [3.8, 4) is 11.5 Å². The Bertz CT molecular complexity index is 826. The molecule has 1 radical (unpaired) electrons. The largest absolute Gasteiger partial charge is 0.457 e. The molecule has 29 heavy (non-hydrogen) atoms. The van der Waals surface area contributed by atoms with E-state index in [1.165, 1.54) is 0 Å². The van der Waals surface area contributed by atoms with E-state index in [2.05, 4.69) is 19.2 Å². The van der Waals surface area contributed by atoms with E-state index >= 15 is 0 Å². The monoisotopic (exact) mass is 407 g/mol. The van der Waals surface area contributed by atoms with Crippen LogP contribution in [0.5, 0.6) is 11.5 Å². The molecule has 0 saturated carbocycles. The van der Waals surface area contributed by atoms with Gasteiger partial charge in [0.2, 0.25) is 0 Å². The molecule has 0 aliphatic heterocycles. The van der Waals surface area contributed by atoms with Gasteiger partial charge in [-0.25, -0.2) is 0 Å². The van der Waals surface area contributed by atoms with Gasteiger partial charge in [0.05, 0.1) is 5.56 Å². The summed E-state index contributed by atoms with van der Waals surface area (Å²) in [6, 6.07) is 8.58. The number of rotatable bonds is 7. The van der Waals surface area contributed by atoms with Crippen molar-refractivity contribution in [1.82, 2.24) is 0 Å². The van der Waals surface area contributed by atoms with Gasteiger partial charge in [-0.05, 0) is 61.1 Å². The minimum absolute atomic E-state index is 0.117. The van der Waals surface area contributed by atoms with Gasteiger partial charge in [0, 0.05) is 23.5 Å². The number of nitrogen functional groups attached to an aromatic ring is 1. The van der Waals surface area contributed by atoms with Crippen LogP contribution in [-0.2, 0) is 12.6 Å². The summed E-state index contributed by atoms with van der Waals surface area (Å²) < 4.78 is 46.2. The molecule has 0 aromatic heterocycles. The van der Waals surface area contributed by atoms with Crippen LogP contribution >= 0.6 is 0 Å². The van der Waals surface area contributed by atoms with Crippen LogP contribution in [0, 0.1) is 12.3 Å². The predicted molar refractivity (Wildman–Crippen MR) is 113 cm³/mol. The standard InChI is InChI=1S/C23H30F3N2O/c1-6-7-8-16-11-18(27)9-10-21(16)29-20-13-17(23(24,25)26)12-19(14-20)28-15(2)22(3,4)5/h9-15,28H,2,6-8,27H2,1,3-5H3. The van der Waals surface area contributed by atoms with Gasteiger partial charge >= 0.3 is 6.18 Å². The Hall–Kier alpha value is -2.37. The van der Waals surface area contributed by atoms with E-state index < -0.39 is 11.7 Å². The highest BCUT2D eigenvalue weighted by molar-refractivity contribution is 5.55. The Morgan fingerprint density at radius 1 is 1.10 bits per heavy atom. The highest BCUT2D eigenvalue weighted by Crippen LogP contribution is 2.37. The molecule has 1 unspecified atom stereocenters. The van der Waals surface area contributed by atoms with Gasteiger partial charge in [0.1, 0.15) is 11.5 Å². The summed E-state index contributed by atoms with van der Waals surface area (Å²) in [5.74, 6) is 0.630. The average molecular weight is 408 g/mol. The number of hydrogen-bond acceptors (Lipinski definition) is 3. The third-order valence-corrected chi connectivity index (χ3v) is 4.73. The average Bonchev–Trinajstić information content (AvgIpc) is 2.60. The molecule has 159 valence electrons. The van der Waals surface area contributed by atoms with E-state index in [1.54, 1.807) is 18.2 Å². The number of halogens is 3. The molecule has 2 rings (SSSR count). The number of hydrogen-bond donors (Lipinski definition) is 2. The van der Waals surface area contributed by atoms with Crippen molar-refractivity contribution in [2.24, 2.45) is 5.41 Å². The maximum Gasteiger partial charge on any atom is 0.416 e. The van der Waals surface area contributed by atoms with Crippen molar-refractivity contribution in [3.63, 3.8) is 0 Å². The van der Waals surface area contributed by atoms with Gasteiger partial charge in [-0.3, -0.25) is 0 Å². The van der Waals surface area contributed by atoms with Crippen molar-refractivity contribution in [2.75, 3.05) is 11.1 Å². The fraction of sp³-hybridized carbons (Fsp3) is 0.435. The summed E-state index contributed by atoms with van der Waals surface area (Å²) in [5, 5.41) is 3.07. The number of ether oxygens (including phenoxy) is 1. The number of benzene rings is 2. The molecule has 0 aliphatic rings. The zero-order valence-electron chi connectivity index (χ0n) is 17.5. The lowest BCUT2D eigenvalue weighted by Crippen LogP contribution is -2.31. The van der Waals surface area contributed by atoms with Crippen molar-refractivity contribution in [3.05, 3.63) is 54.4 Å². The first-order chi connectivity index (χ1) is 13.4. The van der Waals surface area contributed by atoms with Crippen molar-refractivity contribution < 1.29 is 17.9 Å². The smallest absolute Gasteiger partial charge is 0.416 e. The van der Waals surface area contributed by atoms with Crippen LogP contribution in [0.3, 0.4) is 0 Å². The highest BCUT2D eigenvalue weighted by Gasteiger charge is 2.32. The summed E-state index contributed by atoms with van der Waals surface area (Å²) in [7, 11) is 0. The molecule has 2 aromatic rings. The molecule has 0 fully saturated rings. The molecular formula is C23H30F3N2O. The van der Waals surface area contributed by atoms with E-state index in [-0.39, 0.29) is 17.2 Å². The molecule has 0 amide bonds. The minimum atomic E-state index is -4.49. The van der Waals surface area contributed by atoms with Gasteiger partial charge in [0.15, 0.2) is 0 Å². The Balaban J connectivity index is 2.41. The molecule has 3 N–H and O–H groups in total. The maximum absolute atomic E-state index is 13.4. The summed E-state index contributed by atoms with van der Waals surface area (Å²) in [4.78, 5) is 0. The SMILES string of the molecule is [CH2]C(Nc1cc(Oc2ccc(N)cc2CCCC)cc(C(F)(F)F)c1)C(C)(C)C. The second-order valence-corrected chi connectivity index (χ2v) is 8.38.